The molecule has 1 aromatic rings. The van der Waals surface area contributed by atoms with E-state index < -0.39 is 27.7 Å². The Kier molecular flexibility index (Phi) is 4.50. The van der Waals surface area contributed by atoms with Crippen molar-refractivity contribution in [2.24, 2.45) is 5.92 Å². The monoisotopic (exact) mass is 329 g/mol. The molecule has 3 rings (SSSR count). The Morgan fingerprint density at radius 1 is 1.09 bits per heavy atom. The molecule has 1 atom stereocenters. The lowest BCUT2D eigenvalue weighted by Gasteiger charge is -2.27. The first-order chi connectivity index (χ1) is 10.4. The summed E-state index contributed by atoms with van der Waals surface area (Å²) in [6.07, 6.45) is 5.89. The second-order valence-electron chi connectivity index (χ2n) is 6.45. The van der Waals surface area contributed by atoms with Crippen molar-refractivity contribution in [3.8, 4) is 0 Å². The summed E-state index contributed by atoms with van der Waals surface area (Å²) in [5, 5.41) is 0. The number of sulfonamides is 1. The Hall–Kier alpha value is -1.01. The van der Waals surface area contributed by atoms with Crippen molar-refractivity contribution < 1.29 is 17.2 Å². The molecule has 1 saturated carbocycles. The van der Waals surface area contributed by atoms with Gasteiger partial charge in [0.2, 0.25) is 10.0 Å². The van der Waals surface area contributed by atoms with E-state index in [-0.39, 0.29) is 11.7 Å². The quantitative estimate of drug-likeness (QED) is 0.919. The molecule has 22 heavy (non-hydrogen) atoms. The molecule has 2 aliphatic rings. The van der Waals surface area contributed by atoms with Gasteiger partial charge in [0.1, 0.15) is 11.6 Å². The van der Waals surface area contributed by atoms with Gasteiger partial charge in [-0.25, -0.2) is 21.9 Å². The van der Waals surface area contributed by atoms with Gasteiger partial charge < -0.3 is 0 Å². The maximum atomic E-state index is 13.8. The van der Waals surface area contributed by atoms with Gasteiger partial charge in [0.15, 0.2) is 0 Å². The maximum Gasteiger partial charge on any atom is 0.212 e. The lowest BCUT2D eigenvalue weighted by molar-refractivity contribution is 0.476. The van der Waals surface area contributed by atoms with Crippen molar-refractivity contribution >= 4 is 10.0 Å². The fourth-order valence-corrected chi connectivity index (χ4v) is 5.44. The van der Waals surface area contributed by atoms with Gasteiger partial charge in [-0.05, 0) is 55.2 Å². The van der Waals surface area contributed by atoms with Crippen molar-refractivity contribution in [3.63, 3.8) is 0 Å². The second-order valence-corrected chi connectivity index (χ2v) is 8.25. The summed E-state index contributed by atoms with van der Waals surface area (Å²) in [5.41, 5.74) is 0.903. The van der Waals surface area contributed by atoms with Crippen molar-refractivity contribution in [2.75, 3.05) is 5.75 Å². The van der Waals surface area contributed by atoms with Crippen molar-refractivity contribution in [1.82, 2.24) is 4.72 Å². The minimum Gasteiger partial charge on any atom is -0.212 e. The fraction of sp³-hybridized carbons (Fsp3) is 0.625. The SMILES string of the molecule is O=S(=O)(CC1CCCC1)N[C@@H]1CCCc2c(F)cc(F)cc21. The van der Waals surface area contributed by atoms with Crippen molar-refractivity contribution in [1.29, 1.82) is 0 Å². The van der Waals surface area contributed by atoms with E-state index >= 15 is 0 Å². The van der Waals surface area contributed by atoms with Gasteiger partial charge in [-0.3, -0.25) is 0 Å². The van der Waals surface area contributed by atoms with Crippen LogP contribution in [0.15, 0.2) is 12.1 Å². The molecule has 0 heterocycles. The normalized spacial score (nSPS) is 22.7. The summed E-state index contributed by atoms with van der Waals surface area (Å²) in [4.78, 5) is 0. The molecule has 2 aliphatic carbocycles. The first-order valence-electron chi connectivity index (χ1n) is 7.92. The average molecular weight is 329 g/mol. The molecule has 6 heteroatoms. The largest absolute Gasteiger partial charge is 0.212 e. The van der Waals surface area contributed by atoms with Crippen LogP contribution >= 0.6 is 0 Å². The van der Waals surface area contributed by atoms with Crippen LogP contribution in [0.4, 0.5) is 8.78 Å². The van der Waals surface area contributed by atoms with Gasteiger partial charge in [0.25, 0.3) is 0 Å². The number of hydrogen-bond acceptors (Lipinski definition) is 2. The summed E-state index contributed by atoms with van der Waals surface area (Å²) < 4.78 is 54.7. The third kappa shape index (κ3) is 3.49. The first-order valence-corrected chi connectivity index (χ1v) is 9.57. The van der Waals surface area contributed by atoms with E-state index in [1.807, 2.05) is 0 Å². The van der Waals surface area contributed by atoms with E-state index in [0.29, 0.717) is 30.4 Å². The van der Waals surface area contributed by atoms with Crippen LogP contribution in [0, 0.1) is 17.6 Å². The van der Waals surface area contributed by atoms with Gasteiger partial charge in [-0.1, -0.05) is 12.8 Å². The number of hydrogen-bond donors (Lipinski definition) is 1. The fourth-order valence-electron chi connectivity index (χ4n) is 3.71. The molecule has 0 saturated heterocycles. The first kappa shape index (κ1) is 15.9. The maximum absolute atomic E-state index is 13.8. The third-order valence-corrected chi connectivity index (χ3v) is 6.30. The molecular formula is C16H21F2NO2S. The standard InChI is InChI=1S/C16H21F2NO2S/c17-12-8-14-13(15(18)9-12)6-3-7-16(14)19-22(20,21)10-11-4-1-2-5-11/h8-9,11,16,19H,1-7,10H2/t16-/m1/s1. The van der Waals surface area contributed by atoms with Gasteiger partial charge in [-0.15, -0.1) is 0 Å². The van der Waals surface area contributed by atoms with E-state index in [2.05, 4.69) is 4.72 Å². The van der Waals surface area contributed by atoms with E-state index in [9.17, 15) is 17.2 Å². The smallest absolute Gasteiger partial charge is 0.212 e. The van der Waals surface area contributed by atoms with Crippen LogP contribution in [-0.4, -0.2) is 14.2 Å². The lowest BCUT2D eigenvalue weighted by atomic mass is 9.88. The number of rotatable bonds is 4. The predicted molar refractivity (Wildman–Crippen MR) is 80.9 cm³/mol. The summed E-state index contributed by atoms with van der Waals surface area (Å²) in [5.74, 6) is -0.894. The zero-order chi connectivity index (χ0) is 15.7. The second kappa shape index (κ2) is 6.24. The Bertz CT molecular complexity index is 654. The minimum atomic E-state index is -3.43. The van der Waals surface area contributed by atoms with Crippen molar-refractivity contribution in [3.05, 3.63) is 34.9 Å². The molecule has 0 bridgehead atoms. The predicted octanol–water partition coefficient (Wildman–Crippen LogP) is 3.45. The number of halogens is 2. The van der Waals surface area contributed by atoms with Crippen molar-refractivity contribution in [2.45, 2.75) is 51.0 Å². The molecular weight excluding hydrogens is 308 g/mol. The molecule has 0 radical (unpaired) electrons. The molecule has 0 spiro atoms. The molecule has 1 fully saturated rings. The van der Waals surface area contributed by atoms with Crippen LogP contribution < -0.4 is 4.72 Å². The average Bonchev–Trinajstić information content (AvgIpc) is 2.91. The highest BCUT2D eigenvalue weighted by Crippen LogP contribution is 2.33. The van der Waals surface area contributed by atoms with Crippen LogP contribution in [0.5, 0.6) is 0 Å². The Morgan fingerprint density at radius 3 is 2.55 bits per heavy atom. The Labute approximate surface area is 130 Å². The molecule has 3 nitrogen and oxygen atoms in total. The highest BCUT2D eigenvalue weighted by atomic mass is 32.2. The summed E-state index contributed by atoms with van der Waals surface area (Å²) in [7, 11) is -3.43. The van der Waals surface area contributed by atoms with Gasteiger partial charge in [-0.2, -0.15) is 0 Å². The number of benzene rings is 1. The number of fused-ring (bicyclic) bond motifs is 1. The summed E-state index contributed by atoms with van der Waals surface area (Å²) >= 11 is 0. The minimum absolute atomic E-state index is 0.122. The van der Waals surface area contributed by atoms with Gasteiger partial charge in [0.05, 0.1) is 5.75 Å². The Morgan fingerprint density at radius 2 is 1.82 bits per heavy atom. The van der Waals surface area contributed by atoms with E-state index in [1.165, 1.54) is 6.07 Å². The lowest BCUT2D eigenvalue weighted by Crippen LogP contribution is -2.34. The van der Waals surface area contributed by atoms with Crippen LogP contribution in [0.25, 0.3) is 0 Å². The van der Waals surface area contributed by atoms with Crippen LogP contribution in [0.3, 0.4) is 0 Å². The van der Waals surface area contributed by atoms with Crippen LogP contribution in [0.1, 0.15) is 55.7 Å². The molecule has 0 aliphatic heterocycles. The van der Waals surface area contributed by atoms with Gasteiger partial charge in [0, 0.05) is 12.1 Å². The highest BCUT2D eigenvalue weighted by Gasteiger charge is 2.29. The van der Waals surface area contributed by atoms with E-state index in [1.54, 1.807) is 0 Å². The topological polar surface area (TPSA) is 46.2 Å². The van der Waals surface area contributed by atoms with E-state index in [4.69, 9.17) is 0 Å². The zero-order valence-corrected chi connectivity index (χ0v) is 13.3. The third-order valence-electron chi connectivity index (χ3n) is 4.74. The highest BCUT2D eigenvalue weighted by molar-refractivity contribution is 7.89. The summed E-state index contributed by atoms with van der Waals surface area (Å²) in [6.45, 7) is 0. The molecule has 0 amide bonds. The van der Waals surface area contributed by atoms with Crippen LogP contribution in [0.2, 0.25) is 0 Å². The van der Waals surface area contributed by atoms with E-state index in [0.717, 1.165) is 31.7 Å². The summed E-state index contributed by atoms with van der Waals surface area (Å²) in [6, 6.07) is 1.62. The van der Waals surface area contributed by atoms with Crippen LogP contribution in [-0.2, 0) is 16.4 Å². The molecule has 0 unspecified atom stereocenters. The Balaban J connectivity index is 1.79. The number of nitrogens with one attached hydrogen (secondary N) is 1. The zero-order valence-electron chi connectivity index (χ0n) is 12.4. The molecule has 1 N–H and O–H groups in total. The molecule has 122 valence electrons. The molecule has 1 aromatic carbocycles. The molecule has 0 aromatic heterocycles. The van der Waals surface area contributed by atoms with Gasteiger partial charge >= 0.3 is 0 Å².